The van der Waals surface area contributed by atoms with Gasteiger partial charge >= 0.3 is 0 Å². The van der Waals surface area contributed by atoms with Gasteiger partial charge in [0.2, 0.25) is 0 Å². The molecule has 1 aromatic carbocycles. The minimum absolute atomic E-state index is 0.339. The van der Waals surface area contributed by atoms with Crippen molar-refractivity contribution in [3.05, 3.63) is 35.4 Å². The SMILES string of the molecule is CC1C(N)CC1c1cccc(C#N)c1. The van der Waals surface area contributed by atoms with Gasteiger partial charge in [0.1, 0.15) is 0 Å². The summed E-state index contributed by atoms with van der Waals surface area (Å²) in [6, 6.07) is 10.4. The van der Waals surface area contributed by atoms with Crippen molar-refractivity contribution in [2.24, 2.45) is 11.7 Å². The highest BCUT2D eigenvalue weighted by molar-refractivity contribution is 5.35. The summed E-state index contributed by atoms with van der Waals surface area (Å²) in [6.45, 7) is 2.18. The number of benzene rings is 1. The minimum Gasteiger partial charge on any atom is -0.327 e. The number of rotatable bonds is 1. The predicted molar refractivity (Wildman–Crippen MR) is 55.7 cm³/mol. The molecule has 2 N–H and O–H groups in total. The Morgan fingerprint density at radius 1 is 1.50 bits per heavy atom. The molecule has 3 atom stereocenters. The summed E-state index contributed by atoms with van der Waals surface area (Å²) in [5, 5.41) is 8.78. The summed E-state index contributed by atoms with van der Waals surface area (Å²) >= 11 is 0. The summed E-state index contributed by atoms with van der Waals surface area (Å²) in [7, 11) is 0. The first kappa shape index (κ1) is 9.23. The van der Waals surface area contributed by atoms with Gasteiger partial charge in [-0.2, -0.15) is 5.26 Å². The van der Waals surface area contributed by atoms with Gasteiger partial charge < -0.3 is 5.73 Å². The Balaban J connectivity index is 2.22. The van der Waals surface area contributed by atoms with E-state index in [4.69, 9.17) is 11.0 Å². The van der Waals surface area contributed by atoms with E-state index in [-0.39, 0.29) is 0 Å². The van der Waals surface area contributed by atoms with Crippen LogP contribution in [0.15, 0.2) is 24.3 Å². The molecule has 2 nitrogen and oxygen atoms in total. The molecule has 0 spiro atoms. The largest absolute Gasteiger partial charge is 0.327 e. The van der Waals surface area contributed by atoms with Crippen molar-refractivity contribution in [1.82, 2.24) is 0 Å². The molecule has 0 amide bonds. The fourth-order valence-corrected chi connectivity index (χ4v) is 2.10. The summed E-state index contributed by atoms with van der Waals surface area (Å²) in [4.78, 5) is 0. The molecule has 14 heavy (non-hydrogen) atoms. The number of nitriles is 1. The zero-order chi connectivity index (χ0) is 10.1. The first-order valence-corrected chi connectivity index (χ1v) is 4.98. The zero-order valence-corrected chi connectivity index (χ0v) is 8.27. The molecule has 2 heteroatoms. The number of nitrogens with zero attached hydrogens (tertiary/aromatic N) is 1. The Morgan fingerprint density at radius 3 is 2.86 bits per heavy atom. The van der Waals surface area contributed by atoms with Gasteiger partial charge in [-0.15, -0.1) is 0 Å². The van der Waals surface area contributed by atoms with E-state index in [1.807, 2.05) is 18.2 Å². The van der Waals surface area contributed by atoms with E-state index in [1.54, 1.807) is 0 Å². The van der Waals surface area contributed by atoms with Crippen molar-refractivity contribution < 1.29 is 0 Å². The lowest BCUT2D eigenvalue weighted by molar-refractivity contribution is 0.226. The molecule has 0 radical (unpaired) electrons. The van der Waals surface area contributed by atoms with Crippen LogP contribution in [0.5, 0.6) is 0 Å². The molecule has 0 bridgehead atoms. The maximum absolute atomic E-state index is 8.78. The highest BCUT2D eigenvalue weighted by atomic mass is 14.7. The summed E-state index contributed by atoms with van der Waals surface area (Å²) in [5.74, 6) is 1.10. The third kappa shape index (κ3) is 1.40. The van der Waals surface area contributed by atoms with Crippen LogP contribution in [-0.4, -0.2) is 6.04 Å². The second-order valence-electron chi connectivity index (χ2n) is 4.10. The van der Waals surface area contributed by atoms with Gasteiger partial charge in [-0.05, 0) is 36.0 Å². The van der Waals surface area contributed by atoms with E-state index in [2.05, 4.69) is 19.1 Å². The Bertz CT molecular complexity index is 378. The zero-order valence-electron chi connectivity index (χ0n) is 8.27. The van der Waals surface area contributed by atoms with Gasteiger partial charge in [0, 0.05) is 6.04 Å². The van der Waals surface area contributed by atoms with E-state index in [1.165, 1.54) is 5.56 Å². The van der Waals surface area contributed by atoms with Crippen LogP contribution in [0.2, 0.25) is 0 Å². The molecular formula is C12H14N2. The Hall–Kier alpha value is -1.33. The highest BCUT2D eigenvalue weighted by Crippen LogP contribution is 2.41. The quantitative estimate of drug-likeness (QED) is 0.729. The van der Waals surface area contributed by atoms with Gasteiger partial charge in [0.25, 0.3) is 0 Å². The average molecular weight is 186 g/mol. The molecule has 1 fully saturated rings. The normalized spacial score (nSPS) is 30.5. The summed E-state index contributed by atoms with van der Waals surface area (Å²) in [6.07, 6.45) is 1.05. The average Bonchev–Trinajstić information content (AvgIpc) is 2.25. The molecule has 1 aromatic rings. The van der Waals surface area contributed by atoms with Gasteiger partial charge in [0.15, 0.2) is 0 Å². The van der Waals surface area contributed by atoms with E-state index >= 15 is 0 Å². The lowest BCUT2D eigenvalue weighted by Gasteiger charge is -2.40. The van der Waals surface area contributed by atoms with Gasteiger partial charge in [-0.3, -0.25) is 0 Å². The fraction of sp³-hybridized carbons (Fsp3) is 0.417. The standard InChI is InChI=1S/C12H14N2/c1-8-11(6-12(8)14)10-4-2-3-9(5-10)7-13/h2-5,8,11-12H,6,14H2,1H3. The van der Waals surface area contributed by atoms with Crippen LogP contribution < -0.4 is 5.73 Å². The van der Waals surface area contributed by atoms with Crippen molar-refractivity contribution >= 4 is 0 Å². The van der Waals surface area contributed by atoms with E-state index in [9.17, 15) is 0 Å². The maximum atomic E-state index is 8.78. The molecule has 0 aliphatic heterocycles. The monoisotopic (exact) mass is 186 g/mol. The predicted octanol–water partition coefficient (Wildman–Crippen LogP) is 2.01. The Kier molecular flexibility index (Phi) is 2.26. The second-order valence-corrected chi connectivity index (χ2v) is 4.10. The molecule has 0 aromatic heterocycles. The van der Waals surface area contributed by atoms with Gasteiger partial charge in [-0.1, -0.05) is 19.1 Å². The molecule has 72 valence electrons. The van der Waals surface area contributed by atoms with Crippen molar-refractivity contribution in [1.29, 1.82) is 5.26 Å². The molecular weight excluding hydrogens is 172 g/mol. The Labute approximate surface area is 84.3 Å². The van der Waals surface area contributed by atoms with Gasteiger partial charge in [0.05, 0.1) is 11.6 Å². The fourth-order valence-electron chi connectivity index (χ4n) is 2.10. The third-order valence-corrected chi connectivity index (χ3v) is 3.28. The maximum Gasteiger partial charge on any atom is 0.0991 e. The van der Waals surface area contributed by atoms with Crippen LogP contribution >= 0.6 is 0 Å². The molecule has 1 aliphatic carbocycles. The third-order valence-electron chi connectivity index (χ3n) is 3.28. The first-order valence-electron chi connectivity index (χ1n) is 4.98. The lowest BCUT2D eigenvalue weighted by atomic mass is 9.67. The first-order chi connectivity index (χ1) is 6.72. The van der Waals surface area contributed by atoms with Gasteiger partial charge in [-0.25, -0.2) is 0 Å². The van der Waals surface area contributed by atoms with Crippen LogP contribution in [0.1, 0.15) is 30.4 Å². The van der Waals surface area contributed by atoms with Crippen molar-refractivity contribution in [3.8, 4) is 6.07 Å². The summed E-state index contributed by atoms with van der Waals surface area (Å²) in [5.41, 5.74) is 7.86. The molecule has 0 saturated heterocycles. The highest BCUT2D eigenvalue weighted by Gasteiger charge is 2.35. The topological polar surface area (TPSA) is 49.8 Å². The van der Waals surface area contributed by atoms with Crippen LogP contribution in [0.4, 0.5) is 0 Å². The number of hydrogen-bond acceptors (Lipinski definition) is 2. The molecule has 1 saturated carbocycles. The lowest BCUT2D eigenvalue weighted by Crippen LogP contribution is -2.44. The summed E-state index contributed by atoms with van der Waals surface area (Å²) < 4.78 is 0. The second kappa shape index (κ2) is 3.43. The minimum atomic E-state index is 0.339. The van der Waals surface area contributed by atoms with Crippen LogP contribution in [0.25, 0.3) is 0 Å². The van der Waals surface area contributed by atoms with E-state index in [0.29, 0.717) is 17.9 Å². The molecule has 1 aliphatic rings. The van der Waals surface area contributed by atoms with E-state index in [0.717, 1.165) is 12.0 Å². The Morgan fingerprint density at radius 2 is 2.29 bits per heavy atom. The van der Waals surface area contributed by atoms with Crippen molar-refractivity contribution in [2.75, 3.05) is 0 Å². The van der Waals surface area contributed by atoms with Crippen molar-refractivity contribution in [2.45, 2.75) is 25.3 Å². The van der Waals surface area contributed by atoms with Crippen LogP contribution in [0.3, 0.4) is 0 Å². The van der Waals surface area contributed by atoms with Crippen molar-refractivity contribution in [3.63, 3.8) is 0 Å². The van der Waals surface area contributed by atoms with Crippen LogP contribution in [0, 0.1) is 17.2 Å². The smallest absolute Gasteiger partial charge is 0.0991 e. The molecule has 0 heterocycles. The number of hydrogen-bond donors (Lipinski definition) is 1. The molecule has 3 unspecified atom stereocenters. The van der Waals surface area contributed by atoms with Crippen LogP contribution in [-0.2, 0) is 0 Å². The van der Waals surface area contributed by atoms with E-state index < -0.39 is 0 Å². The number of nitrogens with two attached hydrogens (primary N) is 1. The molecule has 2 rings (SSSR count).